The zero-order valence-electron chi connectivity index (χ0n) is 12.7. The van der Waals surface area contributed by atoms with E-state index in [-0.39, 0.29) is 17.5 Å². The molecule has 22 heavy (non-hydrogen) atoms. The van der Waals surface area contributed by atoms with Gasteiger partial charge in [0.2, 0.25) is 10.0 Å². The van der Waals surface area contributed by atoms with Gasteiger partial charge in [0.1, 0.15) is 5.75 Å². The number of carbonyl (C=O) groups is 1. The maximum absolute atomic E-state index is 12.4. The summed E-state index contributed by atoms with van der Waals surface area (Å²) in [6, 6.07) is 4.59. The largest absolute Gasteiger partial charge is 0.484 e. The zero-order valence-corrected chi connectivity index (χ0v) is 13.5. The monoisotopic (exact) mass is 326 g/mol. The van der Waals surface area contributed by atoms with Gasteiger partial charge in [-0.2, -0.15) is 0 Å². The molecule has 0 radical (unpaired) electrons. The van der Waals surface area contributed by atoms with E-state index >= 15 is 0 Å². The van der Waals surface area contributed by atoms with Crippen LogP contribution in [0.1, 0.15) is 37.7 Å². The minimum Gasteiger partial charge on any atom is -0.484 e. The second-order valence-electron chi connectivity index (χ2n) is 5.64. The Morgan fingerprint density at radius 3 is 2.59 bits per heavy atom. The second kappa shape index (κ2) is 7.11. The molecule has 1 aromatic rings. The normalized spacial score (nSPS) is 16.4. The van der Waals surface area contributed by atoms with Gasteiger partial charge in [-0.25, -0.2) is 13.1 Å². The average Bonchev–Trinajstić information content (AvgIpc) is 2.46. The van der Waals surface area contributed by atoms with Crippen LogP contribution < -0.4 is 15.2 Å². The number of amides is 1. The second-order valence-corrected chi connectivity index (χ2v) is 7.35. The van der Waals surface area contributed by atoms with Gasteiger partial charge in [-0.05, 0) is 43.5 Å². The molecular formula is C15H22N2O4S. The number of hydrogen-bond donors (Lipinski definition) is 2. The van der Waals surface area contributed by atoms with Gasteiger partial charge in [0.25, 0.3) is 5.91 Å². The van der Waals surface area contributed by atoms with Gasteiger partial charge >= 0.3 is 0 Å². The minimum atomic E-state index is -3.53. The highest BCUT2D eigenvalue weighted by Crippen LogP contribution is 2.24. The highest BCUT2D eigenvalue weighted by molar-refractivity contribution is 7.89. The first-order valence-electron chi connectivity index (χ1n) is 7.42. The lowest BCUT2D eigenvalue weighted by Crippen LogP contribution is -2.36. The molecule has 1 amide bonds. The molecule has 0 atom stereocenters. The fourth-order valence-electron chi connectivity index (χ4n) is 2.61. The summed E-state index contributed by atoms with van der Waals surface area (Å²) in [4.78, 5) is 10.9. The van der Waals surface area contributed by atoms with Gasteiger partial charge < -0.3 is 10.5 Å². The van der Waals surface area contributed by atoms with Crippen molar-refractivity contribution in [1.29, 1.82) is 0 Å². The Kier molecular flexibility index (Phi) is 5.42. The molecule has 122 valence electrons. The van der Waals surface area contributed by atoms with Crippen molar-refractivity contribution < 1.29 is 17.9 Å². The van der Waals surface area contributed by atoms with E-state index in [1.807, 2.05) is 0 Å². The van der Waals surface area contributed by atoms with Crippen molar-refractivity contribution >= 4 is 15.9 Å². The highest BCUT2D eigenvalue weighted by atomic mass is 32.2. The van der Waals surface area contributed by atoms with Crippen LogP contribution in [0, 0.1) is 6.92 Å². The number of rotatable bonds is 6. The molecule has 0 aromatic heterocycles. The van der Waals surface area contributed by atoms with E-state index in [0.717, 1.165) is 25.7 Å². The molecule has 1 aliphatic rings. The average molecular weight is 326 g/mol. The third-order valence-electron chi connectivity index (χ3n) is 3.75. The molecule has 3 N–H and O–H groups in total. The zero-order chi connectivity index (χ0) is 16.2. The van der Waals surface area contributed by atoms with Gasteiger partial charge in [-0.3, -0.25) is 4.79 Å². The Labute approximate surface area is 131 Å². The van der Waals surface area contributed by atoms with Crippen molar-refractivity contribution in [3.8, 4) is 5.75 Å². The smallest absolute Gasteiger partial charge is 0.255 e. The number of nitrogens with two attached hydrogens (primary N) is 1. The summed E-state index contributed by atoms with van der Waals surface area (Å²) in [6.07, 6.45) is 5.07. The van der Waals surface area contributed by atoms with Crippen molar-refractivity contribution in [2.45, 2.75) is 50.0 Å². The molecule has 0 saturated heterocycles. The van der Waals surface area contributed by atoms with E-state index in [0.29, 0.717) is 11.3 Å². The minimum absolute atomic E-state index is 0.0184. The Balaban J connectivity index is 2.10. The van der Waals surface area contributed by atoms with Crippen LogP contribution in [0.2, 0.25) is 0 Å². The molecule has 0 bridgehead atoms. The van der Waals surface area contributed by atoms with Gasteiger partial charge in [-0.1, -0.05) is 19.3 Å². The molecule has 1 aliphatic carbocycles. The molecule has 1 saturated carbocycles. The Morgan fingerprint density at radius 2 is 2.00 bits per heavy atom. The fourth-order valence-corrected chi connectivity index (χ4v) is 4.00. The van der Waals surface area contributed by atoms with Crippen LogP contribution in [0.3, 0.4) is 0 Å². The summed E-state index contributed by atoms with van der Waals surface area (Å²) >= 11 is 0. The third-order valence-corrected chi connectivity index (χ3v) is 5.27. The van der Waals surface area contributed by atoms with Crippen LogP contribution in [0.5, 0.6) is 5.75 Å². The van der Waals surface area contributed by atoms with Crippen LogP contribution in [-0.2, 0) is 14.8 Å². The van der Waals surface area contributed by atoms with Crippen LogP contribution in [0.4, 0.5) is 0 Å². The number of aryl methyl sites for hydroxylation is 1. The summed E-state index contributed by atoms with van der Waals surface area (Å²) in [5.41, 5.74) is 5.67. The molecule has 7 heteroatoms. The quantitative estimate of drug-likeness (QED) is 0.827. The third kappa shape index (κ3) is 4.45. The van der Waals surface area contributed by atoms with E-state index < -0.39 is 15.9 Å². The Bertz CT molecular complexity index is 637. The summed E-state index contributed by atoms with van der Waals surface area (Å²) in [5, 5.41) is 0. The molecule has 0 heterocycles. The van der Waals surface area contributed by atoms with E-state index in [1.54, 1.807) is 19.1 Å². The Morgan fingerprint density at radius 1 is 1.32 bits per heavy atom. The molecule has 0 aliphatic heterocycles. The van der Waals surface area contributed by atoms with Crippen molar-refractivity contribution in [3.63, 3.8) is 0 Å². The molecule has 0 spiro atoms. The molecule has 2 rings (SSSR count). The summed E-state index contributed by atoms with van der Waals surface area (Å²) in [5.74, 6) is -0.120. The van der Waals surface area contributed by atoms with Gasteiger partial charge in [-0.15, -0.1) is 0 Å². The number of primary amides is 1. The summed E-state index contributed by atoms with van der Waals surface area (Å²) < 4.78 is 32.8. The maximum atomic E-state index is 12.4. The first-order valence-corrected chi connectivity index (χ1v) is 8.91. The number of ether oxygens (including phenoxy) is 1. The Hall–Kier alpha value is -1.60. The van der Waals surface area contributed by atoms with E-state index in [9.17, 15) is 13.2 Å². The molecular weight excluding hydrogens is 304 g/mol. The van der Waals surface area contributed by atoms with Gasteiger partial charge in [0, 0.05) is 6.04 Å². The fraction of sp³-hybridized carbons (Fsp3) is 0.533. The summed E-state index contributed by atoms with van der Waals surface area (Å²) in [7, 11) is -3.53. The SMILES string of the molecule is Cc1cc(S(=O)(=O)NC2CCCCC2)ccc1OCC(N)=O. The number of nitrogens with one attached hydrogen (secondary N) is 1. The number of carbonyl (C=O) groups excluding carboxylic acids is 1. The van der Waals surface area contributed by atoms with Crippen molar-refractivity contribution in [1.82, 2.24) is 4.72 Å². The molecule has 0 unspecified atom stereocenters. The van der Waals surface area contributed by atoms with E-state index in [2.05, 4.69) is 4.72 Å². The predicted molar refractivity (Wildman–Crippen MR) is 83.1 cm³/mol. The van der Waals surface area contributed by atoms with E-state index in [4.69, 9.17) is 10.5 Å². The van der Waals surface area contributed by atoms with Crippen LogP contribution in [-0.4, -0.2) is 27.0 Å². The topological polar surface area (TPSA) is 98.5 Å². The van der Waals surface area contributed by atoms with Crippen LogP contribution in [0.15, 0.2) is 23.1 Å². The van der Waals surface area contributed by atoms with Crippen molar-refractivity contribution in [2.75, 3.05) is 6.61 Å². The van der Waals surface area contributed by atoms with Gasteiger partial charge in [0.05, 0.1) is 4.90 Å². The number of sulfonamides is 1. The number of hydrogen-bond acceptors (Lipinski definition) is 4. The standard InChI is InChI=1S/C15H22N2O4S/c1-11-9-13(7-8-14(11)21-10-15(16)18)22(19,20)17-12-5-3-2-4-6-12/h7-9,12,17H,2-6,10H2,1H3,(H2,16,18). The molecule has 6 nitrogen and oxygen atoms in total. The first kappa shape index (κ1) is 16.8. The van der Waals surface area contributed by atoms with Crippen molar-refractivity contribution in [3.05, 3.63) is 23.8 Å². The van der Waals surface area contributed by atoms with Gasteiger partial charge in [0.15, 0.2) is 6.61 Å². The molecule has 1 aromatic carbocycles. The predicted octanol–water partition coefficient (Wildman–Crippen LogP) is 1.47. The first-order chi connectivity index (χ1) is 10.4. The van der Waals surface area contributed by atoms with Crippen molar-refractivity contribution in [2.24, 2.45) is 5.73 Å². The number of benzene rings is 1. The van der Waals surface area contributed by atoms with Crippen LogP contribution >= 0.6 is 0 Å². The highest BCUT2D eigenvalue weighted by Gasteiger charge is 2.22. The lowest BCUT2D eigenvalue weighted by atomic mass is 9.96. The summed E-state index contributed by atoms with van der Waals surface area (Å²) in [6.45, 7) is 1.50. The van der Waals surface area contributed by atoms with E-state index in [1.165, 1.54) is 12.5 Å². The molecule has 1 fully saturated rings. The lowest BCUT2D eigenvalue weighted by Gasteiger charge is -2.22. The lowest BCUT2D eigenvalue weighted by molar-refractivity contribution is -0.119. The maximum Gasteiger partial charge on any atom is 0.255 e. The van der Waals surface area contributed by atoms with Crippen LogP contribution in [0.25, 0.3) is 0 Å².